The van der Waals surface area contributed by atoms with Crippen LogP contribution in [0.4, 0.5) is 0 Å². The second kappa shape index (κ2) is 10.7. The molecule has 0 saturated carbocycles. The highest BCUT2D eigenvalue weighted by atomic mass is 16.5. The SMILES string of the molecule is CN=C(NCCCCCN1CCCCC1)N1CCOC(c2cnn(C)c2)C1. The lowest BCUT2D eigenvalue weighted by Crippen LogP contribution is -2.48. The van der Waals surface area contributed by atoms with Crippen LogP contribution in [-0.4, -0.2) is 78.5 Å². The van der Waals surface area contributed by atoms with E-state index in [2.05, 4.69) is 25.2 Å². The van der Waals surface area contributed by atoms with E-state index in [1.54, 1.807) is 0 Å². The van der Waals surface area contributed by atoms with E-state index in [0.717, 1.165) is 37.8 Å². The summed E-state index contributed by atoms with van der Waals surface area (Å²) in [5.41, 5.74) is 1.13. The van der Waals surface area contributed by atoms with Gasteiger partial charge in [-0.3, -0.25) is 9.67 Å². The molecule has 0 aliphatic carbocycles. The minimum Gasteiger partial charge on any atom is -0.370 e. The predicted molar refractivity (Wildman–Crippen MR) is 109 cm³/mol. The lowest BCUT2D eigenvalue weighted by Gasteiger charge is -2.34. The number of aliphatic imine (C=N–C) groups is 1. The molecular formula is C20H36N6O. The number of likely N-dealkylation sites (tertiary alicyclic amines) is 1. The van der Waals surface area contributed by atoms with Crippen molar-refractivity contribution in [3.05, 3.63) is 18.0 Å². The Kier molecular flexibility index (Phi) is 7.95. The average Bonchev–Trinajstić information content (AvgIpc) is 3.15. The van der Waals surface area contributed by atoms with Crippen LogP contribution >= 0.6 is 0 Å². The van der Waals surface area contributed by atoms with Gasteiger partial charge in [0, 0.05) is 38.9 Å². The summed E-state index contributed by atoms with van der Waals surface area (Å²) in [6, 6.07) is 0. The summed E-state index contributed by atoms with van der Waals surface area (Å²) >= 11 is 0. The number of rotatable bonds is 7. The van der Waals surface area contributed by atoms with Gasteiger partial charge in [0.25, 0.3) is 0 Å². The molecule has 0 spiro atoms. The molecule has 1 atom stereocenters. The van der Waals surface area contributed by atoms with Crippen LogP contribution in [0.5, 0.6) is 0 Å². The molecule has 2 aliphatic heterocycles. The number of aryl methyl sites for hydroxylation is 1. The molecule has 27 heavy (non-hydrogen) atoms. The van der Waals surface area contributed by atoms with Crippen molar-refractivity contribution in [1.29, 1.82) is 0 Å². The fourth-order valence-corrected chi connectivity index (χ4v) is 4.00. The summed E-state index contributed by atoms with van der Waals surface area (Å²) < 4.78 is 7.76. The first-order valence-electron chi connectivity index (χ1n) is 10.5. The number of ether oxygens (including phenoxy) is 1. The summed E-state index contributed by atoms with van der Waals surface area (Å²) in [6.45, 7) is 7.29. The maximum atomic E-state index is 5.94. The van der Waals surface area contributed by atoms with E-state index in [1.165, 1.54) is 58.2 Å². The summed E-state index contributed by atoms with van der Waals surface area (Å²) in [5.74, 6) is 0.989. The molecular weight excluding hydrogens is 340 g/mol. The van der Waals surface area contributed by atoms with Crippen LogP contribution < -0.4 is 5.32 Å². The highest BCUT2D eigenvalue weighted by Gasteiger charge is 2.25. The minimum atomic E-state index is 0.0653. The number of aromatic nitrogens is 2. The zero-order chi connectivity index (χ0) is 18.9. The summed E-state index contributed by atoms with van der Waals surface area (Å²) in [5, 5.41) is 7.80. The molecule has 1 aromatic heterocycles. The summed E-state index contributed by atoms with van der Waals surface area (Å²) in [6.07, 6.45) is 12.0. The standard InChI is InChI=1S/C20H36N6O/c1-21-20(22-9-5-3-6-10-25-11-7-4-8-12-25)26-13-14-27-19(17-26)18-15-23-24(2)16-18/h15-16,19H,3-14,17H2,1-2H3,(H,21,22). The van der Waals surface area contributed by atoms with Crippen molar-refractivity contribution in [2.24, 2.45) is 12.0 Å². The molecule has 0 aromatic carbocycles. The first kappa shape index (κ1) is 20.1. The average molecular weight is 377 g/mol. The molecule has 7 heteroatoms. The van der Waals surface area contributed by atoms with E-state index < -0.39 is 0 Å². The topological polar surface area (TPSA) is 57.9 Å². The number of piperidine rings is 1. The molecule has 0 amide bonds. The van der Waals surface area contributed by atoms with E-state index in [9.17, 15) is 0 Å². The molecule has 7 nitrogen and oxygen atoms in total. The van der Waals surface area contributed by atoms with Crippen molar-refractivity contribution in [3.63, 3.8) is 0 Å². The van der Waals surface area contributed by atoms with Crippen molar-refractivity contribution in [3.8, 4) is 0 Å². The highest BCUT2D eigenvalue weighted by Crippen LogP contribution is 2.21. The van der Waals surface area contributed by atoms with Gasteiger partial charge < -0.3 is 19.9 Å². The highest BCUT2D eigenvalue weighted by molar-refractivity contribution is 5.80. The molecule has 3 rings (SSSR count). The quantitative estimate of drug-likeness (QED) is 0.448. The van der Waals surface area contributed by atoms with Crippen molar-refractivity contribution in [2.45, 2.75) is 44.6 Å². The van der Waals surface area contributed by atoms with Gasteiger partial charge in [-0.25, -0.2) is 0 Å². The van der Waals surface area contributed by atoms with E-state index in [4.69, 9.17) is 4.74 Å². The van der Waals surface area contributed by atoms with Gasteiger partial charge in [-0.15, -0.1) is 0 Å². The number of nitrogens with one attached hydrogen (secondary N) is 1. The molecule has 152 valence electrons. The fraction of sp³-hybridized carbons (Fsp3) is 0.800. The number of hydrogen-bond acceptors (Lipinski definition) is 4. The van der Waals surface area contributed by atoms with Crippen LogP contribution in [0.1, 0.15) is 50.2 Å². The molecule has 3 heterocycles. The van der Waals surface area contributed by atoms with Gasteiger partial charge in [0.15, 0.2) is 5.96 Å². The maximum absolute atomic E-state index is 5.94. The van der Waals surface area contributed by atoms with Crippen molar-refractivity contribution in [2.75, 3.05) is 52.9 Å². The Morgan fingerprint density at radius 3 is 2.81 bits per heavy atom. The van der Waals surface area contributed by atoms with Gasteiger partial charge in [0.05, 0.1) is 19.3 Å². The second-order valence-electron chi connectivity index (χ2n) is 7.69. The number of morpholine rings is 1. The van der Waals surface area contributed by atoms with Crippen LogP contribution in [0, 0.1) is 0 Å². The normalized spacial score (nSPS) is 22.2. The molecule has 2 fully saturated rings. The summed E-state index contributed by atoms with van der Waals surface area (Å²) in [7, 11) is 3.81. The van der Waals surface area contributed by atoms with Crippen molar-refractivity contribution < 1.29 is 4.74 Å². The first-order valence-corrected chi connectivity index (χ1v) is 10.5. The third-order valence-electron chi connectivity index (χ3n) is 5.56. The Hall–Kier alpha value is -1.60. The van der Waals surface area contributed by atoms with Crippen molar-refractivity contribution >= 4 is 5.96 Å². The first-order chi connectivity index (χ1) is 13.3. The van der Waals surface area contributed by atoms with Crippen LogP contribution in [0.2, 0.25) is 0 Å². The minimum absolute atomic E-state index is 0.0653. The maximum Gasteiger partial charge on any atom is 0.193 e. The monoisotopic (exact) mass is 376 g/mol. The molecule has 1 unspecified atom stereocenters. The Morgan fingerprint density at radius 2 is 2.07 bits per heavy atom. The van der Waals surface area contributed by atoms with Crippen LogP contribution in [-0.2, 0) is 11.8 Å². The Balaban J connectivity index is 1.34. The zero-order valence-corrected chi connectivity index (χ0v) is 17.1. The van der Waals surface area contributed by atoms with Gasteiger partial charge in [-0.1, -0.05) is 12.8 Å². The zero-order valence-electron chi connectivity index (χ0n) is 17.1. The van der Waals surface area contributed by atoms with Gasteiger partial charge >= 0.3 is 0 Å². The lowest BCUT2D eigenvalue weighted by atomic mass is 10.1. The number of nitrogens with zero attached hydrogens (tertiary/aromatic N) is 5. The molecule has 0 radical (unpaired) electrons. The van der Waals surface area contributed by atoms with Gasteiger partial charge in [0.1, 0.15) is 6.10 Å². The molecule has 2 saturated heterocycles. The van der Waals surface area contributed by atoms with E-state index in [-0.39, 0.29) is 6.10 Å². The van der Waals surface area contributed by atoms with Crippen LogP contribution in [0.25, 0.3) is 0 Å². The third-order valence-corrected chi connectivity index (χ3v) is 5.56. The fourth-order valence-electron chi connectivity index (χ4n) is 4.00. The number of unbranched alkanes of at least 4 members (excludes halogenated alkanes) is 2. The van der Waals surface area contributed by atoms with E-state index in [0.29, 0.717) is 0 Å². The van der Waals surface area contributed by atoms with Gasteiger partial charge in [-0.05, 0) is 45.3 Å². The molecule has 1 aromatic rings. The third kappa shape index (κ3) is 6.21. The predicted octanol–water partition coefficient (Wildman–Crippen LogP) is 2.03. The number of hydrogen-bond donors (Lipinski definition) is 1. The molecule has 1 N–H and O–H groups in total. The van der Waals surface area contributed by atoms with E-state index in [1.807, 2.05) is 31.2 Å². The van der Waals surface area contributed by atoms with Gasteiger partial charge in [-0.2, -0.15) is 5.10 Å². The largest absolute Gasteiger partial charge is 0.370 e. The summed E-state index contributed by atoms with van der Waals surface area (Å²) in [4.78, 5) is 9.41. The second-order valence-corrected chi connectivity index (χ2v) is 7.69. The Labute approximate surface area is 163 Å². The van der Waals surface area contributed by atoms with Gasteiger partial charge in [0.2, 0.25) is 0 Å². The smallest absolute Gasteiger partial charge is 0.193 e. The van der Waals surface area contributed by atoms with Crippen molar-refractivity contribution in [1.82, 2.24) is 24.9 Å². The Bertz CT molecular complexity index is 581. The van der Waals surface area contributed by atoms with Crippen LogP contribution in [0.3, 0.4) is 0 Å². The van der Waals surface area contributed by atoms with Crippen LogP contribution in [0.15, 0.2) is 17.4 Å². The molecule has 2 aliphatic rings. The lowest BCUT2D eigenvalue weighted by molar-refractivity contribution is -0.00802. The van der Waals surface area contributed by atoms with E-state index >= 15 is 0 Å². The molecule has 0 bridgehead atoms. The Morgan fingerprint density at radius 1 is 1.22 bits per heavy atom. The number of guanidine groups is 1.